The van der Waals surface area contributed by atoms with E-state index in [0.717, 1.165) is 5.56 Å². The molecule has 2 aromatic carbocycles. The van der Waals surface area contributed by atoms with Gasteiger partial charge in [0.2, 0.25) is 0 Å². The highest BCUT2D eigenvalue weighted by molar-refractivity contribution is 6.05. The number of nitrogens with one attached hydrogen (secondary N) is 1. The monoisotopic (exact) mass is 272 g/mol. The minimum absolute atomic E-state index is 0.280. The average Bonchev–Trinajstić information content (AvgIpc) is 2.43. The zero-order valence-corrected chi connectivity index (χ0v) is 11.5. The Labute approximate surface area is 117 Å². The van der Waals surface area contributed by atoms with Crippen LogP contribution >= 0.6 is 0 Å². The lowest BCUT2D eigenvalue weighted by atomic mass is 10.0. The first kappa shape index (κ1) is 14.1. The molecule has 1 amide bonds. The van der Waals surface area contributed by atoms with Gasteiger partial charge < -0.3 is 11.1 Å². The summed E-state index contributed by atoms with van der Waals surface area (Å²) in [6, 6.07) is 11.2. The van der Waals surface area contributed by atoms with Crippen LogP contribution in [0.3, 0.4) is 0 Å². The van der Waals surface area contributed by atoms with Crippen molar-refractivity contribution in [3.8, 4) is 0 Å². The molecule has 0 atom stereocenters. The molecule has 0 aromatic heterocycles. The predicted molar refractivity (Wildman–Crippen MR) is 79.3 cm³/mol. The highest BCUT2D eigenvalue weighted by atomic mass is 19.1. The van der Waals surface area contributed by atoms with Gasteiger partial charge in [-0.2, -0.15) is 0 Å². The largest absolute Gasteiger partial charge is 0.397 e. The summed E-state index contributed by atoms with van der Waals surface area (Å²) in [5, 5.41) is 2.61. The van der Waals surface area contributed by atoms with E-state index in [-0.39, 0.29) is 11.6 Å². The summed E-state index contributed by atoms with van der Waals surface area (Å²) >= 11 is 0. The van der Waals surface area contributed by atoms with Gasteiger partial charge >= 0.3 is 0 Å². The van der Waals surface area contributed by atoms with Crippen LogP contribution in [0, 0.1) is 5.82 Å². The molecule has 4 heteroatoms. The van der Waals surface area contributed by atoms with E-state index in [2.05, 4.69) is 19.2 Å². The van der Waals surface area contributed by atoms with E-state index in [1.54, 1.807) is 12.1 Å². The number of carbonyl (C=O) groups excluding carboxylic acids is 1. The van der Waals surface area contributed by atoms with Crippen molar-refractivity contribution < 1.29 is 9.18 Å². The van der Waals surface area contributed by atoms with Gasteiger partial charge in [-0.15, -0.1) is 0 Å². The number of rotatable bonds is 3. The summed E-state index contributed by atoms with van der Waals surface area (Å²) in [5.74, 6) is -0.340. The van der Waals surface area contributed by atoms with Crippen molar-refractivity contribution in [2.45, 2.75) is 19.8 Å². The molecule has 2 rings (SSSR count). The third-order valence-electron chi connectivity index (χ3n) is 3.10. The Morgan fingerprint density at radius 2 is 1.80 bits per heavy atom. The van der Waals surface area contributed by atoms with E-state index in [9.17, 15) is 9.18 Å². The summed E-state index contributed by atoms with van der Waals surface area (Å²) in [4.78, 5) is 12.1. The molecule has 0 aliphatic heterocycles. The first-order valence-corrected chi connectivity index (χ1v) is 6.43. The third-order valence-corrected chi connectivity index (χ3v) is 3.10. The van der Waals surface area contributed by atoms with Crippen LogP contribution < -0.4 is 11.1 Å². The van der Waals surface area contributed by atoms with E-state index in [1.807, 2.05) is 12.1 Å². The van der Waals surface area contributed by atoms with Gasteiger partial charge in [0.25, 0.3) is 5.91 Å². The number of halogens is 1. The van der Waals surface area contributed by atoms with Crippen molar-refractivity contribution in [2.75, 3.05) is 11.1 Å². The second kappa shape index (κ2) is 5.74. The number of nitrogen functional groups attached to an aromatic ring is 1. The number of benzene rings is 2. The van der Waals surface area contributed by atoms with E-state index in [1.165, 1.54) is 18.2 Å². The fourth-order valence-electron chi connectivity index (χ4n) is 1.85. The van der Waals surface area contributed by atoms with Gasteiger partial charge in [-0.25, -0.2) is 4.39 Å². The molecular formula is C16H17FN2O. The molecule has 0 aliphatic carbocycles. The van der Waals surface area contributed by atoms with E-state index in [4.69, 9.17) is 5.73 Å². The number of anilines is 2. The van der Waals surface area contributed by atoms with Crippen LogP contribution in [-0.2, 0) is 0 Å². The summed E-state index contributed by atoms with van der Waals surface area (Å²) in [6.45, 7) is 4.17. The van der Waals surface area contributed by atoms with Crippen LogP contribution in [0.2, 0.25) is 0 Å². The van der Waals surface area contributed by atoms with Crippen molar-refractivity contribution >= 4 is 17.3 Å². The Hall–Kier alpha value is -2.36. The third kappa shape index (κ3) is 3.15. The van der Waals surface area contributed by atoms with Crippen LogP contribution in [0.1, 0.15) is 35.7 Å². The Morgan fingerprint density at radius 1 is 1.15 bits per heavy atom. The summed E-state index contributed by atoms with van der Waals surface area (Å²) < 4.78 is 13.1. The fraction of sp³-hybridized carbons (Fsp3) is 0.188. The molecule has 104 valence electrons. The van der Waals surface area contributed by atoms with Crippen LogP contribution in [0.15, 0.2) is 42.5 Å². The topological polar surface area (TPSA) is 55.1 Å². The number of hydrogen-bond acceptors (Lipinski definition) is 2. The Kier molecular flexibility index (Phi) is 4.03. The van der Waals surface area contributed by atoms with Crippen molar-refractivity contribution in [1.82, 2.24) is 0 Å². The first-order chi connectivity index (χ1) is 9.47. The Balaban J connectivity index is 2.17. The lowest BCUT2D eigenvalue weighted by Crippen LogP contribution is -2.13. The highest BCUT2D eigenvalue weighted by Crippen LogP contribution is 2.21. The number of amides is 1. The predicted octanol–water partition coefficient (Wildman–Crippen LogP) is 3.78. The van der Waals surface area contributed by atoms with Gasteiger partial charge in [0.05, 0.1) is 11.4 Å². The molecule has 3 N–H and O–H groups in total. The first-order valence-electron chi connectivity index (χ1n) is 6.43. The summed E-state index contributed by atoms with van der Waals surface area (Å²) in [7, 11) is 0. The second-order valence-corrected chi connectivity index (χ2v) is 4.96. The van der Waals surface area contributed by atoms with Gasteiger partial charge in [-0.3, -0.25) is 4.79 Å². The van der Waals surface area contributed by atoms with Gasteiger partial charge in [-0.1, -0.05) is 26.0 Å². The average molecular weight is 272 g/mol. The molecule has 20 heavy (non-hydrogen) atoms. The lowest BCUT2D eigenvalue weighted by Gasteiger charge is -2.09. The van der Waals surface area contributed by atoms with Crippen molar-refractivity contribution in [3.05, 3.63) is 59.4 Å². The molecule has 0 saturated carbocycles. The lowest BCUT2D eigenvalue weighted by molar-refractivity contribution is 0.102. The highest BCUT2D eigenvalue weighted by Gasteiger charge is 2.09. The minimum atomic E-state index is -0.440. The van der Waals surface area contributed by atoms with Gasteiger partial charge in [0.15, 0.2) is 0 Å². The number of hydrogen-bond donors (Lipinski definition) is 2. The molecule has 0 bridgehead atoms. The van der Waals surface area contributed by atoms with Crippen molar-refractivity contribution in [2.24, 2.45) is 0 Å². The molecule has 3 nitrogen and oxygen atoms in total. The Morgan fingerprint density at radius 3 is 2.40 bits per heavy atom. The minimum Gasteiger partial charge on any atom is -0.397 e. The van der Waals surface area contributed by atoms with Crippen LogP contribution in [0.4, 0.5) is 15.8 Å². The molecule has 0 radical (unpaired) electrons. The van der Waals surface area contributed by atoms with Crippen LogP contribution in [0.25, 0.3) is 0 Å². The van der Waals surface area contributed by atoms with Crippen LogP contribution in [-0.4, -0.2) is 5.91 Å². The molecule has 0 fully saturated rings. The second-order valence-electron chi connectivity index (χ2n) is 4.96. The molecule has 0 aliphatic rings. The standard InChI is InChI=1S/C16H17FN2O/c1-10(2)11-3-5-12(6-4-11)16(20)19-15-9-13(17)7-8-14(15)18/h3-10H,18H2,1-2H3,(H,19,20). The van der Waals surface area contributed by atoms with Crippen molar-refractivity contribution in [1.29, 1.82) is 0 Å². The molecule has 2 aromatic rings. The van der Waals surface area contributed by atoms with E-state index < -0.39 is 5.82 Å². The number of nitrogens with two attached hydrogens (primary N) is 1. The van der Waals surface area contributed by atoms with Crippen LogP contribution in [0.5, 0.6) is 0 Å². The van der Waals surface area contributed by atoms with Gasteiger partial charge in [0, 0.05) is 5.56 Å². The zero-order valence-electron chi connectivity index (χ0n) is 11.5. The van der Waals surface area contributed by atoms with Crippen molar-refractivity contribution in [3.63, 3.8) is 0 Å². The molecule has 0 spiro atoms. The van der Waals surface area contributed by atoms with Gasteiger partial charge in [-0.05, 0) is 41.8 Å². The fourth-order valence-corrected chi connectivity index (χ4v) is 1.85. The summed E-state index contributed by atoms with van der Waals surface area (Å²) in [6.07, 6.45) is 0. The maximum atomic E-state index is 13.1. The van der Waals surface area contributed by atoms with E-state index >= 15 is 0 Å². The normalized spacial score (nSPS) is 10.6. The Bertz CT molecular complexity index is 621. The molecular weight excluding hydrogens is 255 g/mol. The quantitative estimate of drug-likeness (QED) is 0.835. The summed E-state index contributed by atoms with van der Waals surface area (Å²) in [5.41, 5.74) is 7.98. The van der Waals surface area contributed by atoms with Gasteiger partial charge in [0.1, 0.15) is 5.82 Å². The smallest absolute Gasteiger partial charge is 0.255 e. The van der Waals surface area contributed by atoms with E-state index in [0.29, 0.717) is 17.2 Å². The number of carbonyl (C=O) groups is 1. The maximum absolute atomic E-state index is 13.1. The SMILES string of the molecule is CC(C)c1ccc(C(=O)Nc2cc(F)ccc2N)cc1. The molecule has 0 heterocycles. The molecule has 0 unspecified atom stereocenters. The maximum Gasteiger partial charge on any atom is 0.255 e. The zero-order chi connectivity index (χ0) is 14.7. The molecule has 0 saturated heterocycles.